The summed E-state index contributed by atoms with van der Waals surface area (Å²) in [5.74, 6) is -8.58. The molecule has 37 heavy (non-hydrogen) atoms. The normalized spacial score (nSPS) is 11.8. The quantitative estimate of drug-likeness (QED) is 0.418. The number of anilines is 1. The first-order chi connectivity index (χ1) is 17.1. The molecule has 0 aliphatic rings. The second-order valence-corrected chi connectivity index (χ2v) is 7.16. The molecule has 0 bridgehead atoms. The summed E-state index contributed by atoms with van der Waals surface area (Å²) >= 11 is 0. The Morgan fingerprint density at radius 2 is 1.65 bits per heavy atom. The standard InChI is InChI=1S/C15H11F8N3O2.C5H7N3O/c1-26-6-7(10(25-26)11(16)17)12(27)24-8-4-2-3-5-9(8)28-15(22,23)14(20,21)13(18)19;1-8-3-4(2-7-8)5(6)9/h2-6,11,13H,1H3,(H,24,27);2-3H,1H3,(H2,6,9). The largest absolute Gasteiger partial charge is 0.470 e. The van der Waals surface area contributed by atoms with Crippen molar-refractivity contribution in [3.8, 4) is 5.75 Å². The highest BCUT2D eigenvalue weighted by Crippen LogP contribution is 2.42. The van der Waals surface area contributed by atoms with Crippen LogP contribution in [-0.4, -0.2) is 49.8 Å². The van der Waals surface area contributed by atoms with E-state index < -0.39 is 59.4 Å². The van der Waals surface area contributed by atoms with Gasteiger partial charge in [0.15, 0.2) is 0 Å². The van der Waals surface area contributed by atoms with Crippen molar-refractivity contribution in [3.05, 3.63) is 59.7 Å². The number of rotatable bonds is 8. The first-order valence-electron chi connectivity index (χ1n) is 9.80. The Morgan fingerprint density at radius 3 is 2.14 bits per heavy atom. The molecular weight excluding hydrogens is 524 g/mol. The highest BCUT2D eigenvalue weighted by atomic mass is 19.3. The number of nitrogens with zero attached hydrogens (tertiary/aromatic N) is 4. The lowest BCUT2D eigenvalue weighted by Gasteiger charge is -2.26. The number of primary amides is 1. The first-order valence-corrected chi connectivity index (χ1v) is 9.80. The van der Waals surface area contributed by atoms with E-state index in [0.717, 1.165) is 23.0 Å². The van der Waals surface area contributed by atoms with Gasteiger partial charge in [-0.2, -0.15) is 27.8 Å². The minimum atomic E-state index is -5.82. The number of halogens is 8. The van der Waals surface area contributed by atoms with Gasteiger partial charge in [0.05, 0.1) is 23.0 Å². The summed E-state index contributed by atoms with van der Waals surface area (Å²) in [5, 5.41) is 9.05. The number of aryl methyl sites for hydroxylation is 2. The van der Waals surface area contributed by atoms with Gasteiger partial charge in [-0.1, -0.05) is 12.1 Å². The van der Waals surface area contributed by atoms with Crippen molar-refractivity contribution in [1.29, 1.82) is 0 Å². The minimum absolute atomic E-state index is 0.442. The van der Waals surface area contributed by atoms with Gasteiger partial charge in [0.2, 0.25) is 0 Å². The Balaban J connectivity index is 0.000000449. The van der Waals surface area contributed by atoms with Crippen LogP contribution in [0.4, 0.5) is 40.8 Å². The summed E-state index contributed by atoms with van der Waals surface area (Å²) in [6.45, 7) is 0. The summed E-state index contributed by atoms with van der Waals surface area (Å²) in [4.78, 5) is 22.5. The number of hydrogen-bond acceptors (Lipinski definition) is 5. The molecule has 3 N–H and O–H groups in total. The molecule has 0 radical (unpaired) electrons. The van der Waals surface area contributed by atoms with Crippen molar-refractivity contribution >= 4 is 17.5 Å². The SMILES string of the molecule is Cn1cc(C(=O)Nc2ccccc2OC(F)(F)C(F)(F)C(F)F)c(C(F)F)n1.Cn1cc(C(N)=O)cn1. The van der Waals surface area contributed by atoms with Gasteiger partial charge in [0.1, 0.15) is 11.4 Å². The lowest BCUT2D eigenvalue weighted by atomic mass is 10.2. The number of nitrogens with two attached hydrogens (primary N) is 1. The zero-order chi connectivity index (χ0) is 28.1. The average Bonchev–Trinajstić information content (AvgIpc) is 3.41. The van der Waals surface area contributed by atoms with Crippen molar-refractivity contribution in [2.75, 3.05) is 5.32 Å². The van der Waals surface area contributed by atoms with Gasteiger partial charge >= 0.3 is 18.5 Å². The van der Waals surface area contributed by atoms with E-state index in [-0.39, 0.29) is 0 Å². The van der Waals surface area contributed by atoms with Crippen LogP contribution in [0.5, 0.6) is 5.75 Å². The molecule has 0 aliphatic carbocycles. The fourth-order valence-corrected chi connectivity index (χ4v) is 2.57. The summed E-state index contributed by atoms with van der Waals surface area (Å²) in [7, 11) is 2.97. The molecule has 17 heteroatoms. The highest BCUT2D eigenvalue weighted by molar-refractivity contribution is 6.05. The summed E-state index contributed by atoms with van der Waals surface area (Å²) in [5.41, 5.74) is 3.22. The molecule has 9 nitrogen and oxygen atoms in total. The molecule has 0 unspecified atom stereocenters. The zero-order valence-electron chi connectivity index (χ0n) is 18.8. The number of hydrogen-bond donors (Lipinski definition) is 2. The zero-order valence-corrected chi connectivity index (χ0v) is 18.8. The molecule has 0 fully saturated rings. The van der Waals surface area contributed by atoms with Gasteiger partial charge in [-0.3, -0.25) is 19.0 Å². The lowest BCUT2D eigenvalue weighted by molar-refractivity contribution is -0.342. The molecule has 0 spiro atoms. The second kappa shape index (κ2) is 11.3. The maximum absolute atomic E-state index is 13.5. The summed E-state index contributed by atoms with van der Waals surface area (Å²) in [6, 6.07) is 3.82. The number of amides is 2. The molecule has 2 heterocycles. The molecule has 0 aliphatic heterocycles. The van der Waals surface area contributed by atoms with Crippen LogP contribution in [0.15, 0.2) is 42.9 Å². The maximum atomic E-state index is 13.5. The first kappa shape index (κ1) is 29.1. The fourth-order valence-electron chi connectivity index (χ4n) is 2.57. The Morgan fingerprint density at radius 1 is 1.03 bits per heavy atom. The lowest BCUT2D eigenvalue weighted by Crippen LogP contribution is -2.50. The monoisotopic (exact) mass is 542 g/mol. The van der Waals surface area contributed by atoms with Crippen LogP contribution in [-0.2, 0) is 14.1 Å². The molecule has 0 saturated carbocycles. The third-order valence-corrected chi connectivity index (χ3v) is 4.33. The number of ether oxygens (including phenoxy) is 1. The van der Waals surface area contributed by atoms with Crippen molar-refractivity contribution in [3.63, 3.8) is 0 Å². The topological polar surface area (TPSA) is 117 Å². The Kier molecular flexibility index (Phi) is 8.84. The molecule has 0 saturated heterocycles. The van der Waals surface area contributed by atoms with Gasteiger partial charge in [0.25, 0.3) is 18.2 Å². The second-order valence-electron chi connectivity index (χ2n) is 7.16. The fraction of sp³-hybridized carbons (Fsp3) is 0.300. The third kappa shape index (κ3) is 6.95. The molecule has 0 atom stereocenters. The maximum Gasteiger partial charge on any atom is 0.470 e. The number of aromatic nitrogens is 4. The van der Waals surface area contributed by atoms with Gasteiger partial charge in [-0.25, -0.2) is 17.6 Å². The highest BCUT2D eigenvalue weighted by Gasteiger charge is 2.66. The van der Waals surface area contributed by atoms with E-state index in [0.29, 0.717) is 11.6 Å². The van der Waals surface area contributed by atoms with Crippen LogP contribution in [0, 0.1) is 0 Å². The van der Waals surface area contributed by atoms with Crippen LogP contribution in [0.3, 0.4) is 0 Å². The molecule has 2 amide bonds. The number of alkyl halides is 8. The number of benzene rings is 1. The number of carbonyl (C=O) groups is 2. The molecule has 1 aromatic carbocycles. The molecule has 2 aromatic heterocycles. The van der Waals surface area contributed by atoms with E-state index in [1.165, 1.54) is 24.0 Å². The van der Waals surface area contributed by atoms with Crippen LogP contribution < -0.4 is 15.8 Å². The van der Waals surface area contributed by atoms with Crippen molar-refractivity contribution in [2.24, 2.45) is 19.8 Å². The molecule has 3 rings (SSSR count). The molecule has 3 aromatic rings. The molecule has 202 valence electrons. The van der Waals surface area contributed by atoms with Gasteiger partial charge in [0, 0.05) is 26.5 Å². The van der Waals surface area contributed by atoms with E-state index in [9.17, 15) is 44.7 Å². The minimum Gasteiger partial charge on any atom is -0.426 e. The Labute approximate surface area is 202 Å². The predicted molar refractivity (Wildman–Crippen MR) is 111 cm³/mol. The van der Waals surface area contributed by atoms with Crippen molar-refractivity contribution in [2.45, 2.75) is 24.9 Å². The van der Waals surface area contributed by atoms with E-state index >= 15 is 0 Å². The smallest absolute Gasteiger partial charge is 0.426 e. The van der Waals surface area contributed by atoms with E-state index in [1.807, 2.05) is 5.32 Å². The summed E-state index contributed by atoms with van der Waals surface area (Å²) < 4.78 is 109. The average molecular weight is 542 g/mol. The number of carbonyl (C=O) groups excluding carboxylic acids is 2. The Hall–Kier alpha value is -4.18. The van der Waals surface area contributed by atoms with Crippen LogP contribution in [0.1, 0.15) is 32.8 Å². The van der Waals surface area contributed by atoms with Crippen molar-refractivity contribution < 1.29 is 49.4 Å². The summed E-state index contributed by atoms with van der Waals surface area (Å²) in [6.07, 6.45) is -9.56. The van der Waals surface area contributed by atoms with Crippen LogP contribution in [0.2, 0.25) is 0 Å². The molecular formula is C20H18F8N6O3. The number of para-hydroxylation sites is 2. The van der Waals surface area contributed by atoms with Gasteiger partial charge in [-0.15, -0.1) is 0 Å². The third-order valence-electron chi connectivity index (χ3n) is 4.33. The van der Waals surface area contributed by atoms with Crippen molar-refractivity contribution in [1.82, 2.24) is 19.6 Å². The van der Waals surface area contributed by atoms with E-state index in [4.69, 9.17) is 5.73 Å². The van der Waals surface area contributed by atoms with Gasteiger partial charge < -0.3 is 15.8 Å². The van der Waals surface area contributed by atoms with Crippen LogP contribution >= 0.6 is 0 Å². The van der Waals surface area contributed by atoms with Gasteiger partial charge in [-0.05, 0) is 12.1 Å². The number of nitrogens with one attached hydrogen (secondary N) is 1. The van der Waals surface area contributed by atoms with E-state index in [2.05, 4.69) is 14.9 Å². The predicted octanol–water partition coefficient (Wildman–Crippen LogP) is 4.00. The Bertz CT molecular complexity index is 1240. The van der Waals surface area contributed by atoms with Crippen LogP contribution in [0.25, 0.3) is 0 Å². The van der Waals surface area contributed by atoms with E-state index in [1.54, 1.807) is 13.2 Å².